The lowest BCUT2D eigenvalue weighted by Crippen LogP contribution is -2.40. The van der Waals surface area contributed by atoms with E-state index < -0.39 is 0 Å². The number of anilines is 1. The molecule has 0 unspecified atom stereocenters. The van der Waals surface area contributed by atoms with Gasteiger partial charge in [0.25, 0.3) is 0 Å². The van der Waals surface area contributed by atoms with Crippen molar-refractivity contribution in [3.63, 3.8) is 0 Å². The molecule has 0 aromatic heterocycles. The predicted molar refractivity (Wildman–Crippen MR) is 78.6 cm³/mol. The molecule has 3 rings (SSSR count). The van der Waals surface area contributed by atoms with Gasteiger partial charge in [0.1, 0.15) is 5.78 Å². The lowest BCUT2D eigenvalue weighted by molar-refractivity contribution is -0.136. The molecule has 3 nitrogen and oxygen atoms in total. The molecule has 106 valence electrons. The van der Waals surface area contributed by atoms with Crippen LogP contribution in [0.25, 0.3) is 0 Å². The first-order valence-corrected chi connectivity index (χ1v) is 7.61. The van der Waals surface area contributed by atoms with Gasteiger partial charge < -0.3 is 5.32 Å². The molecule has 0 radical (unpaired) electrons. The molecule has 0 aliphatic heterocycles. The maximum atomic E-state index is 12.4. The Labute approximate surface area is 123 Å². The summed E-state index contributed by atoms with van der Waals surface area (Å²) in [6.45, 7) is 0. The SMILES string of the molecule is O=C(Nc1cccc(Cl)c1)C1C[C@@H]2CCC[C@@H](C1)C2=O. The average molecular weight is 292 g/mol. The van der Waals surface area contributed by atoms with Crippen LogP contribution < -0.4 is 5.32 Å². The average Bonchev–Trinajstić information content (AvgIpc) is 2.38. The van der Waals surface area contributed by atoms with E-state index in [9.17, 15) is 9.59 Å². The molecule has 0 spiro atoms. The minimum Gasteiger partial charge on any atom is -0.326 e. The van der Waals surface area contributed by atoms with E-state index in [-0.39, 0.29) is 23.7 Å². The Morgan fingerprint density at radius 3 is 2.55 bits per heavy atom. The summed E-state index contributed by atoms with van der Waals surface area (Å²) in [5.41, 5.74) is 0.726. The molecule has 0 saturated heterocycles. The van der Waals surface area contributed by atoms with Crippen LogP contribution >= 0.6 is 11.6 Å². The van der Waals surface area contributed by atoms with Gasteiger partial charge in [-0.1, -0.05) is 24.1 Å². The summed E-state index contributed by atoms with van der Waals surface area (Å²) in [5, 5.41) is 3.53. The van der Waals surface area contributed by atoms with E-state index in [1.54, 1.807) is 12.1 Å². The summed E-state index contributed by atoms with van der Waals surface area (Å²) in [7, 11) is 0. The van der Waals surface area contributed by atoms with Gasteiger partial charge in [0.05, 0.1) is 0 Å². The highest BCUT2D eigenvalue weighted by molar-refractivity contribution is 6.30. The minimum atomic E-state index is -0.0398. The van der Waals surface area contributed by atoms with Crippen LogP contribution in [0.4, 0.5) is 5.69 Å². The van der Waals surface area contributed by atoms with Crippen LogP contribution in [0.2, 0.25) is 5.02 Å². The van der Waals surface area contributed by atoms with Crippen molar-refractivity contribution in [2.75, 3.05) is 5.32 Å². The number of ketones is 1. The molecule has 1 aromatic carbocycles. The van der Waals surface area contributed by atoms with Gasteiger partial charge in [-0.05, 0) is 43.9 Å². The largest absolute Gasteiger partial charge is 0.326 e. The number of amides is 1. The summed E-state index contributed by atoms with van der Waals surface area (Å²) in [6, 6.07) is 7.17. The number of hydrogen-bond acceptors (Lipinski definition) is 2. The second kappa shape index (κ2) is 5.57. The molecular formula is C16H18ClNO2. The molecule has 2 bridgehead atoms. The van der Waals surface area contributed by atoms with Crippen molar-refractivity contribution in [1.29, 1.82) is 0 Å². The Kier molecular flexibility index (Phi) is 3.79. The van der Waals surface area contributed by atoms with Gasteiger partial charge in [0, 0.05) is 28.5 Å². The van der Waals surface area contributed by atoms with E-state index in [2.05, 4.69) is 5.32 Å². The number of fused-ring (bicyclic) bond motifs is 2. The molecule has 1 N–H and O–H groups in total. The highest BCUT2D eigenvalue weighted by Crippen LogP contribution is 2.40. The third kappa shape index (κ3) is 2.73. The number of nitrogens with one attached hydrogen (secondary N) is 1. The Hall–Kier alpha value is -1.35. The first-order valence-electron chi connectivity index (χ1n) is 7.23. The Morgan fingerprint density at radius 2 is 1.90 bits per heavy atom. The molecule has 2 saturated carbocycles. The fraction of sp³-hybridized carbons (Fsp3) is 0.500. The lowest BCUT2D eigenvalue weighted by Gasteiger charge is -2.36. The number of Topliss-reactive ketones (excluding diaryl/α,β-unsaturated/α-hetero) is 1. The maximum Gasteiger partial charge on any atom is 0.227 e. The molecule has 2 fully saturated rings. The van der Waals surface area contributed by atoms with Gasteiger partial charge in [-0.3, -0.25) is 9.59 Å². The van der Waals surface area contributed by atoms with Gasteiger partial charge in [0.2, 0.25) is 5.91 Å². The summed E-state index contributed by atoms with van der Waals surface area (Å²) in [5.74, 6) is 0.594. The van der Waals surface area contributed by atoms with Crippen molar-refractivity contribution >= 4 is 29.0 Å². The van der Waals surface area contributed by atoms with Crippen LogP contribution in [0, 0.1) is 17.8 Å². The van der Waals surface area contributed by atoms with Crippen LogP contribution in [0.5, 0.6) is 0 Å². The fourth-order valence-corrected chi connectivity index (χ4v) is 3.69. The predicted octanol–water partition coefficient (Wildman–Crippen LogP) is 3.67. The molecule has 2 aliphatic rings. The zero-order valence-electron chi connectivity index (χ0n) is 11.3. The number of carbonyl (C=O) groups is 2. The highest BCUT2D eigenvalue weighted by atomic mass is 35.5. The fourth-order valence-electron chi connectivity index (χ4n) is 3.50. The first-order chi connectivity index (χ1) is 9.63. The zero-order valence-corrected chi connectivity index (χ0v) is 12.0. The van der Waals surface area contributed by atoms with Gasteiger partial charge in [0.15, 0.2) is 0 Å². The van der Waals surface area contributed by atoms with Gasteiger partial charge >= 0.3 is 0 Å². The van der Waals surface area contributed by atoms with Crippen molar-refractivity contribution in [3.05, 3.63) is 29.3 Å². The Bertz CT molecular complexity index is 527. The van der Waals surface area contributed by atoms with Crippen LogP contribution in [0.1, 0.15) is 32.1 Å². The monoisotopic (exact) mass is 291 g/mol. The lowest BCUT2D eigenvalue weighted by atomic mass is 9.67. The normalized spacial score (nSPS) is 29.1. The van der Waals surface area contributed by atoms with Crippen LogP contribution in [-0.4, -0.2) is 11.7 Å². The molecule has 4 heteroatoms. The number of rotatable bonds is 2. The van der Waals surface area contributed by atoms with Crippen LogP contribution in [0.15, 0.2) is 24.3 Å². The number of carbonyl (C=O) groups excluding carboxylic acids is 2. The molecular weight excluding hydrogens is 274 g/mol. The Balaban J connectivity index is 1.67. The van der Waals surface area contributed by atoms with Crippen molar-refractivity contribution in [1.82, 2.24) is 0 Å². The second-order valence-electron chi connectivity index (χ2n) is 5.90. The molecule has 0 heterocycles. The quantitative estimate of drug-likeness (QED) is 0.903. The third-order valence-electron chi connectivity index (χ3n) is 4.51. The van der Waals surface area contributed by atoms with E-state index in [1.165, 1.54) is 0 Å². The molecule has 1 aromatic rings. The van der Waals surface area contributed by atoms with E-state index in [0.717, 1.165) is 24.9 Å². The van der Waals surface area contributed by atoms with Gasteiger partial charge in [-0.25, -0.2) is 0 Å². The van der Waals surface area contributed by atoms with E-state index in [4.69, 9.17) is 11.6 Å². The van der Waals surface area contributed by atoms with Crippen molar-refractivity contribution in [2.45, 2.75) is 32.1 Å². The van der Waals surface area contributed by atoms with Gasteiger partial charge in [-0.2, -0.15) is 0 Å². The highest BCUT2D eigenvalue weighted by Gasteiger charge is 2.41. The summed E-state index contributed by atoms with van der Waals surface area (Å²) >= 11 is 5.92. The van der Waals surface area contributed by atoms with Gasteiger partial charge in [-0.15, -0.1) is 0 Å². The molecule has 20 heavy (non-hydrogen) atoms. The van der Waals surface area contributed by atoms with Crippen molar-refractivity contribution in [3.8, 4) is 0 Å². The summed E-state index contributed by atoms with van der Waals surface area (Å²) in [6.07, 6.45) is 4.46. The van der Waals surface area contributed by atoms with Crippen LogP contribution in [-0.2, 0) is 9.59 Å². The third-order valence-corrected chi connectivity index (χ3v) is 4.75. The molecule has 1 amide bonds. The maximum absolute atomic E-state index is 12.4. The molecule has 2 atom stereocenters. The topological polar surface area (TPSA) is 46.2 Å². The number of hydrogen-bond donors (Lipinski definition) is 1. The van der Waals surface area contributed by atoms with Crippen LogP contribution in [0.3, 0.4) is 0 Å². The minimum absolute atomic E-state index is 0.0247. The number of benzene rings is 1. The van der Waals surface area contributed by atoms with Crippen molar-refractivity contribution in [2.24, 2.45) is 17.8 Å². The standard InChI is InChI=1S/C16H18ClNO2/c17-13-5-2-6-14(9-13)18-16(20)12-7-10-3-1-4-11(8-12)15(10)19/h2,5-6,9-12H,1,3-4,7-8H2,(H,18,20)/t10-,11-/m0/s1. The summed E-state index contributed by atoms with van der Waals surface area (Å²) < 4.78 is 0. The smallest absolute Gasteiger partial charge is 0.227 e. The van der Waals surface area contributed by atoms with E-state index in [0.29, 0.717) is 23.6 Å². The zero-order chi connectivity index (χ0) is 14.1. The van der Waals surface area contributed by atoms with E-state index >= 15 is 0 Å². The van der Waals surface area contributed by atoms with Crippen molar-refractivity contribution < 1.29 is 9.59 Å². The van der Waals surface area contributed by atoms with E-state index in [1.807, 2.05) is 12.1 Å². The Morgan fingerprint density at radius 1 is 1.20 bits per heavy atom. The molecule has 2 aliphatic carbocycles. The second-order valence-corrected chi connectivity index (χ2v) is 6.33. The first kappa shape index (κ1) is 13.6. The number of halogens is 1. The summed E-state index contributed by atoms with van der Waals surface area (Å²) in [4.78, 5) is 24.4.